The van der Waals surface area contributed by atoms with Crippen molar-refractivity contribution >= 4 is 82.5 Å². The van der Waals surface area contributed by atoms with Crippen molar-refractivity contribution in [3.63, 3.8) is 0 Å². The fourth-order valence-corrected chi connectivity index (χ4v) is 9.24. The lowest BCUT2D eigenvalue weighted by Gasteiger charge is -2.28. The van der Waals surface area contributed by atoms with E-state index in [1.54, 1.807) is 0 Å². The number of hydrogen-bond donors (Lipinski definition) is 0. The van der Waals surface area contributed by atoms with Gasteiger partial charge in [0.15, 0.2) is 0 Å². The number of rotatable bonds is 6. The van der Waals surface area contributed by atoms with Gasteiger partial charge in [-0.3, -0.25) is 0 Å². The van der Waals surface area contributed by atoms with Gasteiger partial charge in [-0.15, -0.1) is 0 Å². The number of para-hydroxylation sites is 2. The molecule has 0 radical (unpaired) electrons. The van der Waals surface area contributed by atoms with Crippen LogP contribution in [-0.4, -0.2) is 0 Å². The molecule has 0 bridgehead atoms. The first kappa shape index (κ1) is 33.3. The zero-order valence-corrected chi connectivity index (χ0v) is 32.0. The molecule has 0 fully saturated rings. The van der Waals surface area contributed by atoms with E-state index < -0.39 is 0 Å². The molecule has 276 valence electrons. The molecule has 2 aromatic heterocycles. The van der Waals surface area contributed by atoms with Gasteiger partial charge >= 0.3 is 0 Å². The van der Waals surface area contributed by atoms with Crippen molar-refractivity contribution in [2.75, 3.05) is 4.90 Å². The van der Waals surface area contributed by atoms with E-state index in [9.17, 15) is 0 Å². The van der Waals surface area contributed by atoms with E-state index in [1.165, 1.54) is 33.0 Å². The van der Waals surface area contributed by atoms with Gasteiger partial charge in [0.25, 0.3) is 0 Å². The lowest BCUT2D eigenvalue weighted by Crippen LogP contribution is -2.10. The Balaban J connectivity index is 1.06. The number of benzene rings is 10. The molecule has 3 heteroatoms. The van der Waals surface area contributed by atoms with Crippen molar-refractivity contribution in [3.8, 4) is 33.4 Å². The SMILES string of the molecule is c1ccc(-c2cccc3cccc(-c4ccc(N(c5cccc(-c6cccc7oc8ccccc8c67)c5)c5cccc6c5ccc5oc7ccccc7c56)cc4)c23)cc1. The standard InChI is InChI=1S/C56H35NO2/c1-2-13-36(14-3-1)42-21-9-15-38-16-10-22-43(54(38)42)37-29-31-40(32-30-37)57(49-25-11-24-46-45(49)33-34-53-56(46)48-20-5-7-27-51(48)59-53)41-18-8-17-39(35-41)44-23-12-28-52-55(44)47-19-4-6-26-50(47)58-52/h1-35H. The molecule has 10 aromatic carbocycles. The monoisotopic (exact) mass is 753 g/mol. The third-order valence-corrected chi connectivity index (χ3v) is 11.9. The average molecular weight is 754 g/mol. The minimum atomic E-state index is 0.885. The number of fused-ring (bicyclic) bond motifs is 9. The van der Waals surface area contributed by atoms with Gasteiger partial charge in [0.1, 0.15) is 22.3 Å². The predicted octanol–water partition coefficient (Wildman–Crippen LogP) is 16.3. The molecule has 12 aromatic rings. The van der Waals surface area contributed by atoms with E-state index in [0.29, 0.717) is 0 Å². The van der Waals surface area contributed by atoms with E-state index in [4.69, 9.17) is 8.83 Å². The summed E-state index contributed by atoms with van der Waals surface area (Å²) in [6.45, 7) is 0. The van der Waals surface area contributed by atoms with Crippen molar-refractivity contribution < 1.29 is 8.83 Å². The molecule has 0 aliphatic carbocycles. The van der Waals surface area contributed by atoms with E-state index in [-0.39, 0.29) is 0 Å². The van der Waals surface area contributed by atoms with Gasteiger partial charge in [0.2, 0.25) is 0 Å². The summed E-state index contributed by atoms with van der Waals surface area (Å²) in [7, 11) is 0. The normalized spacial score (nSPS) is 11.7. The van der Waals surface area contributed by atoms with Crippen LogP contribution in [0.2, 0.25) is 0 Å². The first-order chi connectivity index (χ1) is 29.3. The molecule has 0 N–H and O–H groups in total. The topological polar surface area (TPSA) is 29.5 Å². The van der Waals surface area contributed by atoms with Gasteiger partial charge in [0, 0.05) is 38.3 Å². The summed E-state index contributed by atoms with van der Waals surface area (Å²) in [5.41, 5.74) is 13.8. The summed E-state index contributed by atoms with van der Waals surface area (Å²) in [4.78, 5) is 2.40. The van der Waals surface area contributed by atoms with E-state index in [2.05, 4.69) is 193 Å². The fraction of sp³-hybridized carbons (Fsp3) is 0. The van der Waals surface area contributed by atoms with Crippen LogP contribution in [0.5, 0.6) is 0 Å². The molecule has 0 aliphatic rings. The van der Waals surface area contributed by atoms with Gasteiger partial charge in [-0.2, -0.15) is 0 Å². The quantitative estimate of drug-likeness (QED) is 0.169. The Hall–Kier alpha value is -7.88. The second kappa shape index (κ2) is 13.4. The van der Waals surface area contributed by atoms with Crippen molar-refractivity contribution in [1.82, 2.24) is 0 Å². The summed E-state index contributed by atoms with van der Waals surface area (Å²) >= 11 is 0. The van der Waals surface area contributed by atoms with Gasteiger partial charge in [0.05, 0.1) is 5.69 Å². The van der Waals surface area contributed by atoms with Crippen LogP contribution < -0.4 is 4.90 Å². The van der Waals surface area contributed by atoms with Gasteiger partial charge < -0.3 is 13.7 Å². The van der Waals surface area contributed by atoms with Gasteiger partial charge in [-0.25, -0.2) is 0 Å². The molecule has 0 unspecified atom stereocenters. The van der Waals surface area contributed by atoms with Crippen LogP contribution in [-0.2, 0) is 0 Å². The third-order valence-electron chi connectivity index (χ3n) is 11.9. The van der Waals surface area contributed by atoms with Crippen LogP contribution >= 0.6 is 0 Å². The Morgan fingerprint density at radius 1 is 0.288 bits per heavy atom. The molecule has 0 aliphatic heterocycles. The zero-order valence-electron chi connectivity index (χ0n) is 32.0. The van der Waals surface area contributed by atoms with Crippen LogP contribution in [0.15, 0.2) is 221 Å². The minimum absolute atomic E-state index is 0.885. The van der Waals surface area contributed by atoms with Crippen molar-refractivity contribution in [2.45, 2.75) is 0 Å². The summed E-state index contributed by atoms with van der Waals surface area (Å²) in [5, 5.41) is 9.27. The Morgan fingerprint density at radius 2 is 0.831 bits per heavy atom. The Bertz CT molecular complexity index is 3550. The fourth-order valence-electron chi connectivity index (χ4n) is 9.24. The van der Waals surface area contributed by atoms with Crippen molar-refractivity contribution in [3.05, 3.63) is 212 Å². The molecular weight excluding hydrogens is 719 g/mol. The Morgan fingerprint density at radius 3 is 1.58 bits per heavy atom. The first-order valence-corrected chi connectivity index (χ1v) is 20.1. The summed E-state index contributed by atoms with van der Waals surface area (Å²) < 4.78 is 12.7. The van der Waals surface area contributed by atoms with Crippen LogP contribution in [0.3, 0.4) is 0 Å². The second-order valence-electron chi connectivity index (χ2n) is 15.2. The number of furan rings is 2. The highest BCUT2D eigenvalue weighted by atomic mass is 16.3. The maximum atomic E-state index is 6.35. The molecule has 12 rings (SSSR count). The first-order valence-electron chi connectivity index (χ1n) is 20.1. The largest absolute Gasteiger partial charge is 0.456 e. The summed E-state index contributed by atoms with van der Waals surface area (Å²) in [6, 6.07) is 75.8. The molecule has 0 saturated heterocycles. The van der Waals surface area contributed by atoms with Crippen LogP contribution in [0.1, 0.15) is 0 Å². The molecule has 59 heavy (non-hydrogen) atoms. The van der Waals surface area contributed by atoms with Crippen molar-refractivity contribution in [1.29, 1.82) is 0 Å². The molecule has 0 spiro atoms. The predicted molar refractivity (Wildman–Crippen MR) is 247 cm³/mol. The van der Waals surface area contributed by atoms with Crippen molar-refractivity contribution in [2.24, 2.45) is 0 Å². The number of nitrogens with zero attached hydrogens (tertiary/aromatic N) is 1. The molecule has 0 atom stereocenters. The Labute approximate surface area is 340 Å². The molecule has 3 nitrogen and oxygen atoms in total. The third kappa shape index (κ3) is 5.36. The molecule has 2 heterocycles. The highest BCUT2D eigenvalue weighted by Gasteiger charge is 2.20. The maximum absolute atomic E-state index is 6.35. The molecular formula is C56H35NO2. The van der Waals surface area contributed by atoms with Crippen LogP contribution in [0.25, 0.3) is 98.8 Å². The van der Waals surface area contributed by atoms with Crippen LogP contribution in [0, 0.1) is 0 Å². The van der Waals surface area contributed by atoms with Gasteiger partial charge in [-0.1, -0.05) is 152 Å². The number of anilines is 3. The number of hydrogen-bond acceptors (Lipinski definition) is 3. The van der Waals surface area contributed by atoms with E-state index >= 15 is 0 Å². The summed E-state index contributed by atoms with van der Waals surface area (Å²) in [5.74, 6) is 0. The smallest absolute Gasteiger partial charge is 0.136 e. The van der Waals surface area contributed by atoms with Crippen LogP contribution in [0.4, 0.5) is 17.1 Å². The zero-order chi connectivity index (χ0) is 38.9. The second-order valence-corrected chi connectivity index (χ2v) is 15.2. The summed E-state index contributed by atoms with van der Waals surface area (Å²) in [6.07, 6.45) is 0. The maximum Gasteiger partial charge on any atom is 0.136 e. The average Bonchev–Trinajstić information content (AvgIpc) is 3.88. The lowest BCUT2D eigenvalue weighted by molar-refractivity contribution is 0.668. The Kier molecular flexibility index (Phi) is 7.54. The van der Waals surface area contributed by atoms with E-state index in [1.807, 2.05) is 24.3 Å². The highest BCUT2D eigenvalue weighted by Crippen LogP contribution is 2.45. The van der Waals surface area contributed by atoms with Gasteiger partial charge in [-0.05, 0) is 110 Å². The molecule has 0 saturated carbocycles. The molecule has 0 amide bonds. The van der Waals surface area contributed by atoms with E-state index in [0.717, 1.165) is 82.8 Å². The highest BCUT2D eigenvalue weighted by molar-refractivity contribution is 6.21. The lowest BCUT2D eigenvalue weighted by atomic mass is 9.91. The minimum Gasteiger partial charge on any atom is -0.456 e.